The van der Waals surface area contributed by atoms with Gasteiger partial charge in [0.1, 0.15) is 10.9 Å². The molecule has 5 nitrogen and oxygen atoms in total. The molecule has 0 saturated carbocycles. The second-order valence-electron chi connectivity index (χ2n) is 3.41. The zero-order chi connectivity index (χ0) is 12.3. The van der Waals surface area contributed by atoms with Crippen LogP contribution >= 0.6 is 22.9 Å². The molecule has 0 spiro atoms. The van der Waals surface area contributed by atoms with E-state index >= 15 is 0 Å². The zero-order valence-corrected chi connectivity index (χ0v) is 10.7. The van der Waals surface area contributed by atoms with Crippen molar-refractivity contribution in [1.82, 2.24) is 14.8 Å². The molecule has 1 N–H and O–H groups in total. The summed E-state index contributed by atoms with van der Waals surface area (Å²) in [6, 6.07) is 3.96. The Morgan fingerprint density at radius 1 is 1.65 bits per heavy atom. The number of halogens is 1. The third-order valence-corrected chi connectivity index (χ3v) is 3.42. The van der Waals surface area contributed by atoms with E-state index in [0.717, 1.165) is 12.1 Å². The SMILES string of the molecule is Cn1ccc(CCNc2nc(Cl)c(C#N)s2)n1. The molecule has 0 unspecified atom stereocenters. The highest BCUT2D eigenvalue weighted by atomic mass is 35.5. The molecule has 2 rings (SSSR count). The average Bonchev–Trinajstić information content (AvgIpc) is 2.85. The molecule has 2 heterocycles. The average molecular weight is 268 g/mol. The van der Waals surface area contributed by atoms with Crippen LogP contribution in [0.3, 0.4) is 0 Å². The van der Waals surface area contributed by atoms with Gasteiger partial charge < -0.3 is 5.32 Å². The van der Waals surface area contributed by atoms with E-state index in [0.29, 0.717) is 16.6 Å². The highest BCUT2D eigenvalue weighted by Gasteiger charge is 2.07. The number of anilines is 1. The Labute approximate surface area is 108 Å². The van der Waals surface area contributed by atoms with Gasteiger partial charge in [-0.2, -0.15) is 10.4 Å². The lowest BCUT2D eigenvalue weighted by atomic mass is 10.3. The number of aryl methyl sites for hydroxylation is 1. The van der Waals surface area contributed by atoms with Crippen LogP contribution < -0.4 is 5.32 Å². The Morgan fingerprint density at radius 2 is 2.47 bits per heavy atom. The highest BCUT2D eigenvalue weighted by molar-refractivity contribution is 7.16. The van der Waals surface area contributed by atoms with Gasteiger partial charge in [-0.15, -0.1) is 0 Å². The van der Waals surface area contributed by atoms with Crippen molar-refractivity contribution >= 4 is 28.1 Å². The van der Waals surface area contributed by atoms with Gasteiger partial charge in [-0.3, -0.25) is 4.68 Å². The van der Waals surface area contributed by atoms with E-state index < -0.39 is 0 Å². The van der Waals surface area contributed by atoms with E-state index in [9.17, 15) is 0 Å². The Bertz CT molecular complexity index is 553. The number of thiazole rings is 1. The maximum absolute atomic E-state index is 8.73. The van der Waals surface area contributed by atoms with Crippen LogP contribution in [-0.2, 0) is 13.5 Å². The summed E-state index contributed by atoms with van der Waals surface area (Å²) in [7, 11) is 1.89. The number of rotatable bonds is 4. The van der Waals surface area contributed by atoms with Gasteiger partial charge in [0.15, 0.2) is 10.3 Å². The third-order valence-electron chi connectivity index (χ3n) is 2.11. The van der Waals surface area contributed by atoms with Crippen molar-refractivity contribution in [3.05, 3.63) is 28.0 Å². The number of nitrogens with zero attached hydrogens (tertiary/aromatic N) is 4. The molecule has 7 heteroatoms. The first-order valence-electron chi connectivity index (χ1n) is 4.98. The molecule has 17 heavy (non-hydrogen) atoms. The molecule has 0 radical (unpaired) electrons. The molecule has 0 aliphatic carbocycles. The number of nitriles is 1. The molecule has 0 aliphatic rings. The predicted octanol–water partition coefficient (Wildman–Crippen LogP) is 2.06. The summed E-state index contributed by atoms with van der Waals surface area (Å²) in [6.45, 7) is 0.714. The van der Waals surface area contributed by atoms with Crippen LogP contribution in [0.1, 0.15) is 10.6 Å². The highest BCUT2D eigenvalue weighted by Crippen LogP contribution is 2.25. The number of hydrogen-bond acceptors (Lipinski definition) is 5. The first kappa shape index (κ1) is 11.9. The summed E-state index contributed by atoms with van der Waals surface area (Å²) >= 11 is 7.02. The normalized spacial score (nSPS) is 10.2. The Balaban J connectivity index is 1.88. The van der Waals surface area contributed by atoms with Crippen LogP contribution in [0.2, 0.25) is 5.15 Å². The summed E-state index contributed by atoms with van der Waals surface area (Å²) < 4.78 is 1.77. The summed E-state index contributed by atoms with van der Waals surface area (Å²) in [5, 5.41) is 17.0. The minimum absolute atomic E-state index is 0.262. The maximum Gasteiger partial charge on any atom is 0.185 e. The molecule has 0 atom stereocenters. The first-order chi connectivity index (χ1) is 8.19. The van der Waals surface area contributed by atoms with Gasteiger partial charge in [-0.1, -0.05) is 22.9 Å². The summed E-state index contributed by atoms with van der Waals surface area (Å²) in [5.41, 5.74) is 1.02. The molecule has 0 bridgehead atoms. The molecule has 88 valence electrons. The minimum atomic E-state index is 0.262. The molecule has 0 aromatic carbocycles. The molecule has 0 amide bonds. The summed E-state index contributed by atoms with van der Waals surface area (Å²) in [6.07, 6.45) is 2.71. The Kier molecular flexibility index (Phi) is 3.61. The predicted molar refractivity (Wildman–Crippen MR) is 67.2 cm³/mol. The lowest BCUT2D eigenvalue weighted by molar-refractivity contribution is 0.742. The first-order valence-corrected chi connectivity index (χ1v) is 6.17. The van der Waals surface area contributed by atoms with E-state index in [1.54, 1.807) is 4.68 Å². The molecular formula is C10H10ClN5S. The van der Waals surface area contributed by atoms with Crippen LogP contribution in [0.5, 0.6) is 0 Å². The topological polar surface area (TPSA) is 66.5 Å². The monoisotopic (exact) mass is 267 g/mol. The minimum Gasteiger partial charge on any atom is -0.361 e. The molecule has 2 aromatic heterocycles. The van der Waals surface area contributed by atoms with Crippen molar-refractivity contribution in [2.75, 3.05) is 11.9 Å². The fourth-order valence-electron chi connectivity index (χ4n) is 1.34. The number of aromatic nitrogens is 3. The third kappa shape index (κ3) is 2.96. The van der Waals surface area contributed by atoms with Crippen LogP contribution in [0, 0.1) is 11.3 Å². The van der Waals surface area contributed by atoms with Crippen LogP contribution in [0.25, 0.3) is 0 Å². The summed E-state index contributed by atoms with van der Waals surface area (Å²) in [5.74, 6) is 0. The van der Waals surface area contributed by atoms with E-state index in [1.165, 1.54) is 11.3 Å². The quantitative estimate of drug-likeness (QED) is 0.921. The van der Waals surface area contributed by atoms with Gasteiger partial charge in [-0.25, -0.2) is 4.98 Å². The van der Waals surface area contributed by atoms with Gasteiger partial charge in [0.25, 0.3) is 0 Å². The molecule has 0 saturated heterocycles. The molecule has 0 fully saturated rings. The maximum atomic E-state index is 8.73. The molecule has 2 aromatic rings. The van der Waals surface area contributed by atoms with Gasteiger partial charge in [0.2, 0.25) is 0 Å². The van der Waals surface area contributed by atoms with Gasteiger partial charge in [0, 0.05) is 26.2 Å². The second-order valence-corrected chi connectivity index (χ2v) is 4.77. The van der Waals surface area contributed by atoms with Crippen LogP contribution in [-0.4, -0.2) is 21.3 Å². The van der Waals surface area contributed by atoms with Crippen molar-refractivity contribution in [3.63, 3.8) is 0 Å². The second kappa shape index (κ2) is 5.17. The standard InChI is InChI=1S/C10H10ClN5S/c1-16-5-3-7(15-16)2-4-13-10-14-9(11)8(6-12)17-10/h3,5H,2,4H2,1H3,(H,13,14). The van der Waals surface area contributed by atoms with Crippen molar-refractivity contribution in [2.45, 2.75) is 6.42 Å². The van der Waals surface area contributed by atoms with Gasteiger partial charge >= 0.3 is 0 Å². The van der Waals surface area contributed by atoms with E-state index in [4.69, 9.17) is 16.9 Å². The van der Waals surface area contributed by atoms with Crippen LogP contribution in [0.4, 0.5) is 5.13 Å². The number of hydrogen-bond donors (Lipinski definition) is 1. The lowest BCUT2D eigenvalue weighted by Gasteiger charge is -1.99. The van der Waals surface area contributed by atoms with E-state index in [-0.39, 0.29) is 5.15 Å². The number of nitrogens with one attached hydrogen (secondary N) is 1. The fourth-order valence-corrected chi connectivity index (χ4v) is 2.31. The van der Waals surface area contributed by atoms with Crippen molar-refractivity contribution in [1.29, 1.82) is 5.26 Å². The summed E-state index contributed by atoms with van der Waals surface area (Å²) in [4.78, 5) is 4.48. The van der Waals surface area contributed by atoms with E-state index in [1.807, 2.05) is 25.4 Å². The van der Waals surface area contributed by atoms with Crippen molar-refractivity contribution < 1.29 is 0 Å². The fraction of sp³-hybridized carbons (Fsp3) is 0.300. The Hall–Kier alpha value is -1.58. The van der Waals surface area contributed by atoms with Crippen molar-refractivity contribution in [3.8, 4) is 6.07 Å². The van der Waals surface area contributed by atoms with Crippen LogP contribution in [0.15, 0.2) is 12.3 Å². The Morgan fingerprint density at radius 3 is 3.06 bits per heavy atom. The smallest absolute Gasteiger partial charge is 0.185 e. The van der Waals surface area contributed by atoms with Gasteiger partial charge in [-0.05, 0) is 6.07 Å². The lowest BCUT2D eigenvalue weighted by Crippen LogP contribution is -2.05. The molecular weight excluding hydrogens is 258 g/mol. The van der Waals surface area contributed by atoms with Gasteiger partial charge in [0.05, 0.1) is 5.69 Å². The largest absolute Gasteiger partial charge is 0.361 e. The zero-order valence-electron chi connectivity index (χ0n) is 9.14. The van der Waals surface area contributed by atoms with Crippen molar-refractivity contribution in [2.24, 2.45) is 7.05 Å². The molecule has 0 aliphatic heterocycles. The van der Waals surface area contributed by atoms with E-state index in [2.05, 4.69) is 15.4 Å².